The molecule has 29 heavy (non-hydrogen) atoms. The number of nitrogens with one attached hydrogen (secondary N) is 1. The molecule has 148 valence electrons. The molecule has 0 radical (unpaired) electrons. The Morgan fingerprint density at radius 3 is 2.31 bits per heavy atom. The quantitative estimate of drug-likeness (QED) is 0.738. The van der Waals surface area contributed by atoms with E-state index in [1.54, 1.807) is 12.4 Å². The second kappa shape index (κ2) is 8.31. The van der Waals surface area contributed by atoms with E-state index in [9.17, 15) is 4.79 Å². The molecule has 6 nitrogen and oxygen atoms in total. The molecule has 0 bridgehead atoms. The molecule has 1 fully saturated rings. The minimum atomic E-state index is -0.0664. The zero-order chi connectivity index (χ0) is 20.2. The van der Waals surface area contributed by atoms with Crippen LogP contribution in [0, 0.1) is 13.8 Å². The summed E-state index contributed by atoms with van der Waals surface area (Å²) in [6, 6.07) is 16.5. The Morgan fingerprint density at radius 1 is 0.897 bits per heavy atom. The molecule has 1 N–H and O–H groups in total. The van der Waals surface area contributed by atoms with E-state index in [4.69, 9.17) is 0 Å². The Kier molecular flexibility index (Phi) is 5.42. The van der Waals surface area contributed by atoms with E-state index in [2.05, 4.69) is 51.4 Å². The second-order valence-corrected chi connectivity index (χ2v) is 7.40. The van der Waals surface area contributed by atoms with Gasteiger partial charge < -0.3 is 15.1 Å². The van der Waals surface area contributed by atoms with Crippen LogP contribution in [0.2, 0.25) is 0 Å². The number of nitrogens with zero attached hydrogens (tertiary/aromatic N) is 4. The molecule has 1 aliphatic heterocycles. The van der Waals surface area contributed by atoms with Crippen LogP contribution in [0.4, 0.5) is 17.2 Å². The molecular formula is C23H25N5O. The van der Waals surface area contributed by atoms with Gasteiger partial charge in [-0.3, -0.25) is 4.79 Å². The van der Waals surface area contributed by atoms with Crippen molar-refractivity contribution in [2.75, 3.05) is 36.4 Å². The van der Waals surface area contributed by atoms with E-state index in [1.807, 2.05) is 36.1 Å². The predicted molar refractivity (Wildman–Crippen MR) is 116 cm³/mol. The lowest BCUT2D eigenvalue weighted by Crippen LogP contribution is -2.49. The highest BCUT2D eigenvalue weighted by atomic mass is 16.2. The van der Waals surface area contributed by atoms with Gasteiger partial charge in [0, 0.05) is 37.6 Å². The maximum absolute atomic E-state index is 12.8. The Morgan fingerprint density at radius 2 is 1.66 bits per heavy atom. The van der Waals surface area contributed by atoms with Gasteiger partial charge in [-0.2, -0.15) is 0 Å². The number of carbonyl (C=O) groups excluding carboxylic acids is 1. The Balaban J connectivity index is 1.35. The van der Waals surface area contributed by atoms with Crippen molar-refractivity contribution < 1.29 is 4.79 Å². The molecule has 3 aromatic rings. The largest absolute Gasteiger partial charge is 0.368 e. The summed E-state index contributed by atoms with van der Waals surface area (Å²) in [4.78, 5) is 25.6. The van der Waals surface area contributed by atoms with Crippen LogP contribution in [-0.2, 0) is 0 Å². The van der Waals surface area contributed by atoms with Gasteiger partial charge in [0.25, 0.3) is 5.91 Å². The average Bonchev–Trinajstić information content (AvgIpc) is 2.75. The average molecular weight is 387 g/mol. The summed E-state index contributed by atoms with van der Waals surface area (Å²) < 4.78 is 0. The molecule has 1 aromatic heterocycles. The summed E-state index contributed by atoms with van der Waals surface area (Å²) in [6.45, 7) is 7.13. The van der Waals surface area contributed by atoms with E-state index >= 15 is 0 Å². The zero-order valence-electron chi connectivity index (χ0n) is 16.8. The first-order valence-electron chi connectivity index (χ1n) is 9.85. The first-order chi connectivity index (χ1) is 14.1. The molecule has 1 amide bonds. The summed E-state index contributed by atoms with van der Waals surface area (Å²) >= 11 is 0. The summed E-state index contributed by atoms with van der Waals surface area (Å²) in [5.41, 5.74) is 4.98. The van der Waals surface area contributed by atoms with E-state index in [-0.39, 0.29) is 5.91 Å². The number of amides is 1. The van der Waals surface area contributed by atoms with Crippen molar-refractivity contribution in [3.8, 4) is 0 Å². The SMILES string of the molecule is Cc1ccc(Nc2cnc(C(=O)N3CCN(c4cccc(C)c4)CC3)cn2)cc1. The smallest absolute Gasteiger partial charge is 0.274 e. The molecule has 6 heteroatoms. The number of benzene rings is 2. The number of anilines is 3. The molecule has 1 aliphatic rings. The maximum atomic E-state index is 12.8. The van der Waals surface area contributed by atoms with Crippen LogP contribution < -0.4 is 10.2 Å². The van der Waals surface area contributed by atoms with Crippen LogP contribution >= 0.6 is 0 Å². The molecular weight excluding hydrogens is 362 g/mol. The van der Waals surface area contributed by atoms with Crippen LogP contribution in [0.3, 0.4) is 0 Å². The molecule has 0 aliphatic carbocycles. The van der Waals surface area contributed by atoms with Gasteiger partial charge in [-0.25, -0.2) is 9.97 Å². The highest BCUT2D eigenvalue weighted by Gasteiger charge is 2.23. The van der Waals surface area contributed by atoms with Gasteiger partial charge in [-0.15, -0.1) is 0 Å². The molecule has 2 heterocycles. The minimum Gasteiger partial charge on any atom is -0.368 e. The fourth-order valence-corrected chi connectivity index (χ4v) is 3.44. The highest BCUT2D eigenvalue weighted by molar-refractivity contribution is 5.92. The van der Waals surface area contributed by atoms with Crippen LogP contribution in [-0.4, -0.2) is 47.0 Å². The molecule has 1 saturated heterocycles. The van der Waals surface area contributed by atoms with E-state index < -0.39 is 0 Å². The molecule has 2 aromatic carbocycles. The van der Waals surface area contributed by atoms with Gasteiger partial charge in [-0.1, -0.05) is 29.8 Å². The minimum absolute atomic E-state index is 0.0664. The van der Waals surface area contributed by atoms with Crippen LogP contribution in [0.25, 0.3) is 0 Å². The topological polar surface area (TPSA) is 61.4 Å². The third kappa shape index (κ3) is 4.54. The zero-order valence-corrected chi connectivity index (χ0v) is 16.8. The Bertz CT molecular complexity index is 977. The molecule has 0 unspecified atom stereocenters. The lowest BCUT2D eigenvalue weighted by atomic mass is 10.2. The van der Waals surface area contributed by atoms with Crippen molar-refractivity contribution in [1.82, 2.24) is 14.9 Å². The lowest BCUT2D eigenvalue weighted by Gasteiger charge is -2.36. The molecule has 4 rings (SSSR count). The second-order valence-electron chi connectivity index (χ2n) is 7.40. The number of piperazine rings is 1. The molecule has 0 saturated carbocycles. The normalized spacial score (nSPS) is 14.0. The van der Waals surface area contributed by atoms with Crippen molar-refractivity contribution in [3.05, 3.63) is 77.7 Å². The van der Waals surface area contributed by atoms with Crippen molar-refractivity contribution in [1.29, 1.82) is 0 Å². The lowest BCUT2D eigenvalue weighted by molar-refractivity contribution is 0.0740. The molecule has 0 atom stereocenters. The Hall–Kier alpha value is -3.41. The van der Waals surface area contributed by atoms with Gasteiger partial charge in [0.2, 0.25) is 0 Å². The summed E-state index contributed by atoms with van der Waals surface area (Å²) in [5.74, 6) is 0.554. The van der Waals surface area contributed by atoms with Gasteiger partial charge in [0.15, 0.2) is 0 Å². The van der Waals surface area contributed by atoms with Crippen molar-refractivity contribution in [2.45, 2.75) is 13.8 Å². The number of carbonyl (C=O) groups is 1. The van der Waals surface area contributed by atoms with E-state index in [1.165, 1.54) is 16.8 Å². The van der Waals surface area contributed by atoms with Crippen molar-refractivity contribution in [3.63, 3.8) is 0 Å². The third-order valence-corrected chi connectivity index (χ3v) is 5.13. The predicted octanol–water partition coefficient (Wildman–Crippen LogP) is 3.80. The van der Waals surface area contributed by atoms with Crippen molar-refractivity contribution >= 4 is 23.1 Å². The maximum Gasteiger partial charge on any atom is 0.274 e. The first-order valence-corrected chi connectivity index (χ1v) is 9.85. The van der Waals surface area contributed by atoms with Gasteiger partial charge in [0.1, 0.15) is 11.5 Å². The number of hydrogen-bond donors (Lipinski definition) is 1. The summed E-state index contributed by atoms with van der Waals surface area (Å²) in [6.07, 6.45) is 3.15. The fraction of sp³-hybridized carbons (Fsp3) is 0.261. The molecule has 0 spiro atoms. The number of hydrogen-bond acceptors (Lipinski definition) is 5. The first kappa shape index (κ1) is 18.9. The summed E-state index contributed by atoms with van der Waals surface area (Å²) in [5, 5.41) is 3.20. The van der Waals surface area contributed by atoms with Crippen molar-refractivity contribution in [2.24, 2.45) is 0 Å². The standard InChI is InChI=1S/C23H25N5O/c1-17-6-8-19(9-7-17)26-22-16-24-21(15-25-22)23(29)28-12-10-27(11-13-28)20-5-3-4-18(2)14-20/h3-9,14-16H,10-13H2,1-2H3,(H,25,26). The van der Waals surface area contributed by atoms with E-state index in [0.29, 0.717) is 24.6 Å². The van der Waals surface area contributed by atoms with Gasteiger partial charge in [0.05, 0.1) is 12.4 Å². The monoisotopic (exact) mass is 387 g/mol. The van der Waals surface area contributed by atoms with Crippen LogP contribution in [0.5, 0.6) is 0 Å². The number of aryl methyl sites for hydroxylation is 2. The number of rotatable bonds is 4. The van der Waals surface area contributed by atoms with E-state index in [0.717, 1.165) is 18.8 Å². The Labute approximate surface area is 171 Å². The summed E-state index contributed by atoms with van der Waals surface area (Å²) in [7, 11) is 0. The van der Waals surface area contributed by atoms with Crippen LogP contribution in [0.1, 0.15) is 21.6 Å². The van der Waals surface area contributed by atoms with Crippen LogP contribution in [0.15, 0.2) is 60.9 Å². The van der Waals surface area contributed by atoms with Gasteiger partial charge >= 0.3 is 0 Å². The highest BCUT2D eigenvalue weighted by Crippen LogP contribution is 2.19. The number of aromatic nitrogens is 2. The fourth-order valence-electron chi connectivity index (χ4n) is 3.44. The third-order valence-electron chi connectivity index (χ3n) is 5.13. The van der Waals surface area contributed by atoms with Gasteiger partial charge in [-0.05, 0) is 43.7 Å².